The second-order valence-electron chi connectivity index (χ2n) is 7.74. The number of anilines is 1. The van der Waals surface area contributed by atoms with Crippen LogP contribution in [0.2, 0.25) is 0 Å². The van der Waals surface area contributed by atoms with E-state index in [9.17, 15) is 4.79 Å². The highest BCUT2D eigenvalue weighted by Crippen LogP contribution is 2.36. The van der Waals surface area contributed by atoms with Crippen molar-refractivity contribution in [2.45, 2.75) is 10.3 Å². The Morgan fingerprint density at radius 1 is 1.36 bits per heavy atom. The largest absolute Gasteiger partial charge is 0.364 e. The van der Waals surface area contributed by atoms with Crippen LogP contribution in [0.5, 0.6) is 0 Å². The molecule has 2 N–H and O–H groups in total. The van der Waals surface area contributed by atoms with Crippen molar-refractivity contribution in [2.24, 2.45) is 4.99 Å². The molecular formula is C24H25N5OS3. The number of hydrogen-bond acceptors (Lipinski definition) is 8. The van der Waals surface area contributed by atoms with E-state index in [4.69, 9.17) is 0 Å². The molecule has 0 bridgehead atoms. The van der Waals surface area contributed by atoms with Crippen molar-refractivity contribution in [1.82, 2.24) is 15.2 Å². The molecule has 1 aliphatic heterocycles. The number of amides is 1. The second kappa shape index (κ2) is 11.0. The molecule has 1 unspecified atom stereocenters. The summed E-state index contributed by atoms with van der Waals surface area (Å²) in [5.74, 6) is -0.187. The normalized spacial score (nSPS) is 15.6. The van der Waals surface area contributed by atoms with Gasteiger partial charge in [-0.2, -0.15) is 11.3 Å². The molecule has 33 heavy (non-hydrogen) atoms. The smallest absolute Gasteiger partial charge is 0.272 e. The van der Waals surface area contributed by atoms with Gasteiger partial charge in [0.1, 0.15) is 11.1 Å². The van der Waals surface area contributed by atoms with Crippen molar-refractivity contribution in [3.8, 4) is 11.1 Å². The van der Waals surface area contributed by atoms with Crippen molar-refractivity contribution in [1.29, 1.82) is 0 Å². The first-order valence-electron chi connectivity index (χ1n) is 10.4. The van der Waals surface area contributed by atoms with Crippen LogP contribution >= 0.6 is 35.7 Å². The maximum absolute atomic E-state index is 13.1. The summed E-state index contributed by atoms with van der Waals surface area (Å²) in [4.78, 5) is 24.7. The Balaban J connectivity index is 1.55. The summed E-state index contributed by atoms with van der Waals surface area (Å²) in [5.41, 5.74) is 5.11. The van der Waals surface area contributed by atoms with Crippen molar-refractivity contribution in [2.75, 3.05) is 32.5 Å². The molecule has 0 radical (unpaired) electrons. The van der Waals surface area contributed by atoms with Crippen LogP contribution in [0.3, 0.4) is 0 Å². The highest BCUT2D eigenvalue weighted by molar-refractivity contribution is 8.02. The van der Waals surface area contributed by atoms with E-state index in [-0.39, 0.29) is 11.3 Å². The van der Waals surface area contributed by atoms with Crippen LogP contribution in [0.4, 0.5) is 5.69 Å². The molecule has 3 aromatic rings. The Bertz CT molecular complexity index is 1160. The van der Waals surface area contributed by atoms with Crippen LogP contribution in [-0.2, 0) is 4.79 Å². The molecule has 0 fully saturated rings. The predicted molar refractivity (Wildman–Crippen MR) is 142 cm³/mol. The van der Waals surface area contributed by atoms with Crippen LogP contribution in [-0.4, -0.2) is 49.2 Å². The fourth-order valence-corrected chi connectivity index (χ4v) is 5.08. The number of nitrogens with zero attached hydrogens (tertiary/aromatic N) is 3. The summed E-state index contributed by atoms with van der Waals surface area (Å²) in [6, 6.07) is 9.85. The minimum absolute atomic E-state index is 0.0324. The van der Waals surface area contributed by atoms with E-state index in [0.717, 1.165) is 39.4 Å². The molecule has 2 aromatic heterocycles. The number of thioether (sulfide) groups is 1. The number of carbonyl (C=O) groups excluding carboxylic acids is 1. The number of hydrogen-bond donors (Lipinski definition) is 3. The SMILES string of the molecule is CN(C)CCN=Cc1cc(NC(=O)C2=CSC(c3cccnc3)N2)c(-c2ccsc2)cc1S. The van der Waals surface area contributed by atoms with Crippen LogP contribution in [0.25, 0.3) is 11.1 Å². The highest BCUT2D eigenvalue weighted by atomic mass is 32.2. The molecule has 0 saturated heterocycles. The lowest BCUT2D eigenvalue weighted by Gasteiger charge is -2.15. The van der Waals surface area contributed by atoms with Crippen LogP contribution in [0.15, 0.2) is 74.5 Å². The Morgan fingerprint density at radius 2 is 2.24 bits per heavy atom. The lowest BCUT2D eigenvalue weighted by Crippen LogP contribution is -2.24. The molecule has 9 heteroatoms. The number of likely N-dealkylation sites (N-methyl/N-ethyl adjacent to an activating group) is 1. The maximum Gasteiger partial charge on any atom is 0.272 e. The second-order valence-corrected chi connectivity index (χ2v) is 9.98. The van der Waals surface area contributed by atoms with Gasteiger partial charge in [0.05, 0.1) is 6.54 Å². The molecule has 6 nitrogen and oxygen atoms in total. The molecule has 4 rings (SSSR count). The first-order chi connectivity index (χ1) is 16.0. The van der Waals surface area contributed by atoms with Crippen LogP contribution in [0.1, 0.15) is 16.5 Å². The summed E-state index contributed by atoms with van der Waals surface area (Å²) in [6.45, 7) is 1.56. The zero-order valence-corrected chi connectivity index (χ0v) is 20.9. The van der Waals surface area contributed by atoms with Crippen LogP contribution < -0.4 is 10.6 Å². The number of benzene rings is 1. The number of aliphatic imine (C=N–C) groups is 1. The van der Waals surface area contributed by atoms with Gasteiger partial charge in [-0.05, 0) is 54.7 Å². The quantitative estimate of drug-likeness (QED) is 0.307. The van der Waals surface area contributed by atoms with E-state index in [2.05, 4.69) is 43.5 Å². The number of thiophene rings is 1. The molecule has 0 saturated carbocycles. The number of carbonyl (C=O) groups is 1. The molecular weight excluding hydrogens is 470 g/mol. The number of rotatable bonds is 8. The Labute approximate surface area is 207 Å². The minimum atomic E-state index is -0.187. The molecule has 1 amide bonds. The van der Waals surface area contributed by atoms with Gasteiger partial charge < -0.3 is 15.5 Å². The third-order valence-electron chi connectivity index (χ3n) is 4.99. The number of nitrogens with one attached hydrogen (secondary N) is 2. The average Bonchev–Trinajstić information content (AvgIpc) is 3.51. The fraction of sp³-hybridized carbons (Fsp3) is 0.208. The third-order valence-corrected chi connectivity index (χ3v) is 7.10. The number of thiol groups is 1. The predicted octanol–water partition coefficient (Wildman–Crippen LogP) is 4.89. The van der Waals surface area contributed by atoms with Gasteiger partial charge in [0.25, 0.3) is 5.91 Å². The summed E-state index contributed by atoms with van der Waals surface area (Å²) >= 11 is 7.84. The lowest BCUT2D eigenvalue weighted by atomic mass is 10.0. The maximum atomic E-state index is 13.1. The van der Waals surface area contributed by atoms with Gasteiger partial charge >= 0.3 is 0 Å². The first-order valence-corrected chi connectivity index (χ1v) is 12.7. The molecule has 1 aliphatic rings. The van der Waals surface area contributed by atoms with E-state index in [0.29, 0.717) is 12.2 Å². The van der Waals surface area contributed by atoms with E-state index in [1.807, 2.05) is 61.4 Å². The summed E-state index contributed by atoms with van der Waals surface area (Å²) in [7, 11) is 4.04. The van der Waals surface area contributed by atoms with Crippen LogP contribution in [0, 0.1) is 0 Å². The zero-order chi connectivity index (χ0) is 23.2. The third kappa shape index (κ3) is 6.05. The highest BCUT2D eigenvalue weighted by Gasteiger charge is 2.24. The van der Waals surface area contributed by atoms with Crippen molar-refractivity contribution in [3.63, 3.8) is 0 Å². The average molecular weight is 496 g/mol. The standard InChI is InChI=1S/C24H25N5OS3/c1-29(2)8-7-26-13-18-10-20(19(11-22(18)31)17-5-9-32-14-17)27-23(30)21-15-33-24(28-21)16-4-3-6-25-12-16/h3-6,9-15,24,28,31H,7-8H2,1-2H3,(H,27,30). The van der Waals surface area contributed by atoms with Gasteiger partial charge in [-0.1, -0.05) is 6.07 Å². The summed E-state index contributed by atoms with van der Waals surface area (Å²) in [6.07, 6.45) is 5.37. The van der Waals surface area contributed by atoms with Gasteiger partial charge in [-0.15, -0.1) is 24.4 Å². The summed E-state index contributed by atoms with van der Waals surface area (Å²) < 4.78 is 0. The van der Waals surface area contributed by atoms with Gasteiger partial charge in [0, 0.05) is 57.8 Å². The van der Waals surface area contributed by atoms with Gasteiger partial charge in [0.15, 0.2) is 0 Å². The molecule has 0 aliphatic carbocycles. The van der Waals surface area contributed by atoms with Crippen molar-refractivity contribution in [3.05, 3.63) is 75.7 Å². The fourth-order valence-electron chi connectivity index (χ4n) is 3.24. The van der Waals surface area contributed by atoms with E-state index < -0.39 is 0 Å². The molecule has 3 heterocycles. The van der Waals surface area contributed by atoms with Gasteiger partial charge in [-0.25, -0.2) is 0 Å². The number of aromatic nitrogens is 1. The minimum Gasteiger partial charge on any atom is -0.364 e. The Kier molecular flexibility index (Phi) is 7.87. The van der Waals surface area contributed by atoms with Gasteiger partial charge in [-0.3, -0.25) is 14.8 Å². The molecule has 1 aromatic carbocycles. The molecule has 0 spiro atoms. The monoisotopic (exact) mass is 495 g/mol. The topological polar surface area (TPSA) is 69.6 Å². The lowest BCUT2D eigenvalue weighted by molar-refractivity contribution is -0.113. The molecule has 1 atom stereocenters. The van der Waals surface area contributed by atoms with Crippen molar-refractivity contribution >= 4 is 53.5 Å². The van der Waals surface area contributed by atoms with Crippen molar-refractivity contribution < 1.29 is 4.79 Å². The zero-order valence-electron chi connectivity index (χ0n) is 18.4. The number of pyridine rings is 1. The Hall–Kier alpha value is -2.59. The van der Waals surface area contributed by atoms with E-state index in [1.54, 1.807) is 35.5 Å². The summed E-state index contributed by atoms with van der Waals surface area (Å²) in [5, 5.41) is 12.3. The van der Waals surface area contributed by atoms with Gasteiger partial charge in [0.2, 0.25) is 0 Å². The first kappa shape index (κ1) is 23.6. The van der Waals surface area contributed by atoms with E-state index in [1.165, 1.54) is 0 Å². The van der Waals surface area contributed by atoms with E-state index >= 15 is 0 Å². The molecule has 170 valence electrons. The Morgan fingerprint density at radius 3 is 2.97 bits per heavy atom.